The molecule has 3 unspecified atom stereocenters. The van der Waals surface area contributed by atoms with E-state index in [1.165, 1.54) is 0 Å². The van der Waals surface area contributed by atoms with E-state index >= 15 is 0 Å². The van der Waals surface area contributed by atoms with Crippen molar-refractivity contribution in [3.05, 3.63) is 131 Å². The van der Waals surface area contributed by atoms with Gasteiger partial charge in [-0.1, -0.05) is 109 Å². The first-order chi connectivity index (χ1) is 19.3. The van der Waals surface area contributed by atoms with E-state index in [1.807, 2.05) is 54.6 Å². The summed E-state index contributed by atoms with van der Waals surface area (Å²) >= 11 is 0. The standard InChI is InChI=1S/C32H30NO6P/c34-31(35)24(19-22-11-3-1-4-12-22)21-40(37,38)30(23-13-5-2-6-14-23)33-32(36)39-20-29-27-17-9-7-15-25(27)26-16-8-10-18-28(26)29/h1-18,24,29-30H,19-21H2,(H,33,36)(H,34,35)(H,37,38). The summed E-state index contributed by atoms with van der Waals surface area (Å²) in [5.74, 6) is -3.79. The molecule has 0 spiro atoms. The van der Waals surface area contributed by atoms with Crippen LogP contribution in [0, 0.1) is 5.92 Å². The number of hydrogen-bond donors (Lipinski definition) is 3. The molecule has 0 saturated carbocycles. The number of hydrogen-bond acceptors (Lipinski definition) is 4. The van der Waals surface area contributed by atoms with Gasteiger partial charge in [-0.3, -0.25) is 9.36 Å². The Kier molecular flexibility index (Phi) is 8.15. The van der Waals surface area contributed by atoms with Crippen LogP contribution in [0.3, 0.4) is 0 Å². The fourth-order valence-corrected chi connectivity index (χ4v) is 7.43. The number of carboxylic acid groups (broad SMARTS) is 1. The number of amides is 1. The third-order valence-electron chi connectivity index (χ3n) is 7.27. The van der Waals surface area contributed by atoms with Crippen molar-refractivity contribution < 1.29 is 28.9 Å². The Morgan fingerprint density at radius 3 is 1.90 bits per heavy atom. The van der Waals surface area contributed by atoms with Crippen LogP contribution in [0.2, 0.25) is 0 Å². The van der Waals surface area contributed by atoms with Crippen LogP contribution in [0.4, 0.5) is 4.79 Å². The minimum atomic E-state index is -4.27. The summed E-state index contributed by atoms with van der Waals surface area (Å²) in [4.78, 5) is 36.4. The number of carboxylic acids is 1. The maximum absolute atomic E-state index is 13.8. The average Bonchev–Trinajstić information content (AvgIpc) is 3.29. The number of carbonyl (C=O) groups is 2. The molecule has 0 fully saturated rings. The average molecular weight is 556 g/mol. The van der Waals surface area contributed by atoms with Gasteiger partial charge >= 0.3 is 12.1 Å². The zero-order chi connectivity index (χ0) is 28.1. The summed E-state index contributed by atoms with van der Waals surface area (Å²) in [5, 5.41) is 12.4. The molecule has 1 aliphatic carbocycles. The lowest BCUT2D eigenvalue weighted by atomic mass is 9.98. The molecule has 1 aliphatic rings. The van der Waals surface area contributed by atoms with E-state index < -0.39 is 37.3 Å². The third kappa shape index (κ3) is 6.01. The molecule has 3 N–H and O–H groups in total. The van der Waals surface area contributed by atoms with E-state index in [9.17, 15) is 24.2 Å². The van der Waals surface area contributed by atoms with Crippen LogP contribution in [-0.4, -0.2) is 34.8 Å². The predicted molar refractivity (Wildman–Crippen MR) is 153 cm³/mol. The summed E-state index contributed by atoms with van der Waals surface area (Å²) in [6.07, 6.45) is -1.27. The first-order valence-electron chi connectivity index (χ1n) is 13.1. The van der Waals surface area contributed by atoms with Crippen LogP contribution in [0.5, 0.6) is 0 Å². The fourth-order valence-electron chi connectivity index (χ4n) is 5.35. The van der Waals surface area contributed by atoms with Crippen LogP contribution in [0.15, 0.2) is 109 Å². The molecule has 0 saturated heterocycles. The molecule has 0 bridgehead atoms. The smallest absolute Gasteiger partial charge is 0.408 e. The van der Waals surface area contributed by atoms with Gasteiger partial charge in [0.15, 0.2) is 0 Å². The number of fused-ring (bicyclic) bond motifs is 3. The van der Waals surface area contributed by atoms with Crippen molar-refractivity contribution in [1.82, 2.24) is 5.32 Å². The highest BCUT2D eigenvalue weighted by Crippen LogP contribution is 2.55. The summed E-state index contributed by atoms with van der Waals surface area (Å²) in [6, 6.07) is 33.3. The lowest BCUT2D eigenvalue weighted by molar-refractivity contribution is -0.141. The quantitative estimate of drug-likeness (QED) is 0.194. The molecule has 8 heteroatoms. The molecule has 204 valence electrons. The van der Waals surface area contributed by atoms with E-state index in [4.69, 9.17) is 4.74 Å². The molecule has 3 atom stereocenters. The van der Waals surface area contributed by atoms with Crippen LogP contribution in [0.25, 0.3) is 11.1 Å². The van der Waals surface area contributed by atoms with E-state index in [0.29, 0.717) is 5.56 Å². The van der Waals surface area contributed by atoms with E-state index in [0.717, 1.165) is 27.8 Å². The Labute approximate surface area is 232 Å². The van der Waals surface area contributed by atoms with Crippen molar-refractivity contribution in [1.29, 1.82) is 0 Å². The molecule has 0 heterocycles. The molecule has 0 aromatic heterocycles. The van der Waals surface area contributed by atoms with Gasteiger partial charge in [0.1, 0.15) is 12.4 Å². The number of benzene rings is 4. The Morgan fingerprint density at radius 2 is 1.32 bits per heavy atom. The van der Waals surface area contributed by atoms with Gasteiger partial charge in [0.25, 0.3) is 0 Å². The fraction of sp³-hybridized carbons (Fsp3) is 0.188. The highest BCUT2D eigenvalue weighted by Gasteiger charge is 2.39. The van der Waals surface area contributed by atoms with Crippen molar-refractivity contribution in [3.63, 3.8) is 0 Å². The Balaban J connectivity index is 1.33. The van der Waals surface area contributed by atoms with Gasteiger partial charge in [0, 0.05) is 12.1 Å². The normalized spacial score (nSPS) is 15.2. The second kappa shape index (κ2) is 11.9. The van der Waals surface area contributed by atoms with Gasteiger partial charge in [-0.25, -0.2) is 4.79 Å². The van der Waals surface area contributed by atoms with Crippen molar-refractivity contribution in [3.8, 4) is 11.1 Å². The molecule has 40 heavy (non-hydrogen) atoms. The second-order valence-electron chi connectivity index (χ2n) is 9.95. The SMILES string of the molecule is O=C(NC(c1ccccc1)P(=O)(O)CC(Cc1ccccc1)C(=O)O)OCC1c2ccccc2-c2ccccc21. The second-order valence-corrected chi connectivity index (χ2v) is 12.3. The third-order valence-corrected chi connectivity index (χ3v) is 9.47. The maximum Gasteiger partial charge on any atom is 0.408 e. The van der Waals surface area contributed by atoms with Gasteiger partial charge in [0.05, 0.1) is 5.92 Å². The molecule has 4 aromatic carbocycles. The zero-order valence-corrected chi connectivity index (χ0v) is 22.6. The van der Waals surface area contributed by atoms with Crippen LogP contribution in [-0.2, 0) is 20.5 Å². The van der Waals surface area contributed by atoms with Gasteiger partial charge in [-0.2, -0.15) is 0 Å². The van der Waals surface area contributed by atoms with Crippen molar-refractivity contribution in [2.75, 3.05) is 12.8 Å². The van der Waals surface area contributed by atoms with Crippen molar-refractivity contribution >= 4 is 19.4 Å². The van der Waals surface area contributed by atoms with E-state index in [1.54, 1.807) is 54.6 Å². The minimum absolute atomic E-state index is 0.0445. The molecule has 7 nitrogen and oxygen atoms in total. The Hall–Kier alpha value is -4.19. The molecule has 0 radical (unpaired) electrons. The number of alkyl carbamates (subject to hydrolysis) is 1. The minimum Gasteiger partial charge on any atom is -0.481 e. The first kappa shape index (κ1) is 27.4. The van der Waals surface area contributed by atoms with Crippen molar-refractivity contribution in [2.24, 2.45) is 5.92 Å². The summed E-state index contributed by atoms with van der Waals surface area (Å²) in [6.45, 7) is 0.0445. The van der Waals surface area contributed by atoms with Crippen LogP contribution < -0.4 is 5.32 Å². The first-order valence-corrected chi connectivity index (χ1v) is 15.0. The van der Waals surface area contributed by atoms with Gasteiger partial charge in [0.2, 0.25) is 7.37 Å². The highest BCUT2D eigenvalue weighted by molar-refractivity contribution is 7.58. The lowest BCUT2D eigenvalue weighted by Gasteiger charge is -2.27. The van der Waals surface area contributed by atoms with Crippen LogP contribution in [0.1, 0.15) is 34.0 Å². The topological polar surface area (TPSA) is 113 Å². The number of aliphatic carboxylic acids is 1. The largest absolute Gasteiger partial charge is 0.481 e. The maximum atomic E-state index is 13.8. The molecule has 0 aliphatic heterocycles. The number of rotatable bonds is 10. The van der Waals surface area contributed by atoms with E-state index in [2.05, 4.69) is 5.32 Å². The number of carbonyl (C=O) groups excluding carboxylic acids is 1. The molecule has 5 rings (SSSR count). The molecular weight excluding hydrogens is 525 g/mol. The monoisotopic (exact) mass is 555 g/mol. The highest BCUT2D eigenvalue weighted by atomic mass is 31.2. The molecule has 4 aromatic rings. The van der Waals surface area contributed by atoms with Crippen molar-refractivity contribution in [2.45, 2.75) is 18.1 Å². The van der Waals surface area contributed by atoms with Gasteiger partial charge in [-0.15, -0.1) is 0 Å². The zero-order valence-electron chi connectivity index (χ0n) is 21.7. The Morgan fingerprint density at radius 1 is 0.800 bits per heavy atom. The predicted octanol–water partition coefficient (Wildman–Crippen LogP) is 6.44. The van der Waals surface area contributed by atoms with Gasteiger partial charge < -0.3 is 20.1 Å². The summed E-state index contributed by atoms with van der Waals surface area (Å²) in [5.41, 5.74) is 5.42. The Bertz CT molecular complexity index is 1500. The summed E-state index contributed by atoms with van der Waals surface area (Å²) < 4.78 is 19.4. The number of ether oxygens (including phenoxy) is 1. The molecule has 1 amide bonds. The van der Waals surface area contributed by atoms with Crippen LogP contribution >= 0.6 is 7.37 Å². The van der Waals surface area contributed by atoms with E-state index in [-0.39, 0.29) is 18.9 Å². The van der Waals surface area contributed by atoms with Gasteiger partial charge in [-0.05, 0) is 39.8 Å². The molecular formula is C32H30NO6P. The lowest BCUT2D eigenvalue weighted by Crippen LogP contribution is -2.32. The number of nitrogens with one attached hydrogen (secondary N) is 1. The summed E-state index contributed by atoms with van der Waals surface area (Å²) in [7, 11) is -4.27.